The molecule has 0 aliphatic carbocycles. The lowest BCUT2D eigenvalue weighted by atomic mass is 10.1. The molecule has 0 aliphatic heterocycles. The predicted octanol–water partition coefficient (Wildman–Crippen LogP) is -0.116. The van der Waals surface area contributed by atoms with Gasteiger partial charge in [0.2, 0.25) is 0 Å². The average Bonchev–Trinajstić information content (AvgIpc) is 2.49. The maximum absolute atomic E-state index is 11.3. The molecule has 0 radical (unpaired) electrons. The van der Waals surface area contributed by atoms with E-state index in [1.807, 2.05) is 0 Å². The summed E-state index contributed by atoms with van der Waals surface area (Å²) in [5.74, 6) is -4.97. The highest BCUT2D eigenvalue weighted by Gasteiger charge is 2.33. The van der Waals surface area contributed by atoms with Crippen LogP contribution in [0.4, 0.5) is 0 Å². The molecule has 0 heterocycles. The molecule has 0 aromatic heterocycles. The highest BCUT2D eigenvalue weighted by atomic mass is 16.6. The van der Waals surface area contributed by atoms with Gasteiger partial charge in [0.15, 0.2) is 5.92 Å². The Bertz CT molecular complexity index is 465. The van der Waals surface area contributed by atoms with Gasteiger partial charge in [-0.2, -0.15) is 0 Å². The minimum Gasteiger partial charge on any atom is -0.465 e. The van der Waals surface area contributed by atoms with Crippen molar-refractivity contribution in [2.75, 3.05) is 6.61 Å². The minimum absolute atomic E-state index is 0.0114. The summed E-state index contributed by atoms with van der Waals surface area (Å²) in [7, 11) is 0. The molecule has 1 atom stereocenters. The SMILES string of the molecule is C#N.C#N.CCOC(=O)C(CC(=O)OC#N)C(=O)OC#N. The summed E-state index contributed by atoms with van der Waals surface area (Å²) in [5.41, 5.74) is 0. The molecule has 0 fully saturated rings. The van der Waals surface area contributed by atoms with E-state index in [4.69, 9.17) is 21.0 Å². The molecule has 0 saturated heterocycles. The molecule has 0 aliphatic rings. The second-order valence-corrected chi connectivity index (χ2v) is 2.59. The summed E-state index contributed by atoms with van der Waals surface area (Å²) in [4.78, 5) is 33.4. The molecule has 110 valence electrons. The fraction of sp³-hybridized carbons (Fsp3) is 0.364. The van der Waals surface area contributed by atoms with Crippen molar-refractivity contribution in [2.45, 2.75) is 13.3 Å². The van der Waals surface area contributed by atoms with E-state index in [-0.39, 0.29) is 6.61 Å². The Kier molecular flexibility index (Phi) is 17.6. The lowest BCUT2D eigenvalue weighted by Crippen LogP contribution is -2.29. The third-order valence-electron chi connectivity index (χ3n) is 1.53. The number of hydrogen-bond acceptors (Lipinski definition) is 10. The fourth-order valence-corrected chi connectivity index (χ4v) is 0.881. The Hall–Kier alpha value is -3.63. The van der Waals surface area contributed by atoms with Crippen molar-refractivity contribution in [3.63, 3.8) is 0 Å². The van der Waals surface area contributed by atoms with Crippen molar-refractivity contribution in [1.82, 2.24) is 0 Å². The van der Waals surface area contributed by atoms with Gasteiger partial charge in [0, 0.05) is 13.1 Å². The van der Waals surface area contributed by atoms with Crippen LogP contribution in [0.2, 0.25) is 0 Å². The summed E-state index contributed by atoms with van der Waals surface area (Å²) in [6.07, 6.45) is 1.44. The Morgan fingerprint density at radius 1 is 1.00 bits per heavy atom. The summed E-state index contributed by atoms with van der Waals surface area (Å²) < 4.78 is 12.3. The first kappa shape index (κ1) is 22.5. The van der Waals surface area contributed by atoms with Crippen LogP contribution in [-0.2, 0) is 28.6 Å². The van der Waals surface area contributed by atoms with E-state index in [2.05, 4.69) is 27.4 Å². The molecule has 0 saturated carbocycles. The lowest BCUT2D eigenvalue weighted by molar-refractivity contribution is -0.162. The van der Waals surface area contributed by atoms with E-state index in [9.17, 15) is 14.4 Å². The number of nitriles is 4. The first-order valence-electron chi connectivity index (χ1n) is 4.93. The van der Waals surface area contributed by atoms with Gasteiger partial charge < -0.3 is 14.2 Å². The molecule has 10 nitrogen and oxygen atoms in total. The van der Waals surface area contributed by atoms with Gasteiger partial charge in [-0.3, -0.25) is 9.59 Å². The van der Waals surface area contributed by atoms with Crippen molar-refractivity contribution >= 4 is 17.9 Å². The van der Waals surface area contributed by atoms with Gasteiger partial charge in [0.1, 0.15) is 0 Å². The van der Waals surface area contributed by atoms with E-state index in [1.165, 1.54) is 6.92 Å². The van der Waals surface area contributed by atoms with Crippen molar-refractivity contribution in [2.24, 2.45) is 5.92 Å². The number of nitrogens with zero attached hydrogens (tertiary/aromatic N) is 4. The van der Waals surface area contributed by atoms with E-state index >= 15 is 0 Å². The minimum atomic E-state index is -1.62. The van der Waals surface area contributed by atoms with E-state index in [0.29, 0.717) is 0 Å². The van der Waals surface area contributed by atoms with Crippen LogP contribution in [0.5, 0.6) is 0 Å². The molecular weight excluding hydrogens is 284 g/mol. The van der Waals surface area contributed by atoms with Gasteiger partial charge in [0.05, 0.1) is 13.0 Å². The quantitative estimate of drug-likeness (QED) is 0.287. The number of hydrogen-bond donors (Lipinski definition) is 0. The highest BCUT2D eigenvalue weighted by Crippen LogP contribution is 2.10. The van der Waals surface area contributed by atoms with Crippen LogP contribution in [-0.4, -0.2) is 24.5 Å². The van der Waals surface area contributed by atoms with Crippen molar-refractivity contribution in [3.8, 4) is 25.7 Å². The average molecular weight is 294 g/mol. The van der Waals surface area contributed by atoms with Crippen molar-refractivity contribution in [3.05, 3.63) is 0 Å². The molecule has 10 heteroatoms. The monoisotopic (exact) mass is 294 g/mol. The van der Waals surface area contributed by atoms with Crippen LogP contribution in [0.3, 0.4) is 0 Å². The highest BCUT2D eigenvalue weighted by molar-refractivity contribution is 5.98. The van der Waals surface area contributed by atoms with E-state index < -0.39 is 30.2 Å². The van der Waals surface area contributed by atoms with Gasteiger partial charge in [-0.25, -0.2) is 15.3 Å². The number of ether oxygens (including phenoxy) is 3. The van der Waals surface area contributed by atoms with Crippen LogP contribution in [0.1, 0.15) is 13.3 Å². The second kappa shape index (κ2) is 16.4. The molecule has 0 N–H and O–H groups in total. The van der Waals surface area contributed by atoms with Gasteiger partial charge in [0.25, 0.3) is 12.5 Å². The summed E-state index contributed by atoms with van der Waals surface area (Å²) in [6.45, 7) is 8.49. The van der Waals surface area contributed by atoms with E-state index in [0.717, 1.165) is 12.5 Å². The van der Waals surface area contributed by atoms with Crippen molar-refractivity contribution < 1.29 is 28.6 Å². The van der Waals surface area contributed by atoms with Crippen molar-refractivity contribution in [1.29, 1.82) is 21.0 Å². The molecule has 21 heavy (non-hydrogen) atoms. The van der Waals surface area contributed by atoms with Gasteiger partial charge in [-0.15, -0.1) is 10.5 Å². The first-order chi connectivity index (χ1) is 10.1. The maximum Gasteiger partial charge on any atom is 0.336 e. The molecular formula is C11H10N4O6. The third kappa shape index (κ3) is 11.2. The largest absolute Gasteiger partial charge is 0.465 e. The molecule has 0 aromatic rings. The van der Waals surface area contributed by atoms with Crippen LogP contribution in [0, 0.1) is 52.6 Å². The zero-order chi connectivity index (χ0) is 17.3. The summed E-state index contributed by atoms with van der Waals surface area (Å²) in [6, 6.07) is 0. The predicted molar refractivity (Wildman–Crippen MR) is 61.5 cm³/mol. The van der Waals surface area contributed by atoms with Crippen LogP contribution in [0.15, 0.2) is 0 Å². The summed E-state index contributed by atoms with van der Waals surface area (Å²) in [5, 5.41) is 29.2. The van der Waals surface area contributed by atoms with Gasteiger partial charge >= 0.3 is 17.9 Å². The van der Waals surface area contributed by atoms with Crippen LogP contribution < -0.4 is 0 Å². The molecule has 0 aromatic carbocycles. The Morgan fingerprint density at radius 3 is 1.86 bits per heavy atom. The molecule has 0 rings (SSSR count). The fourth-order valence-electron chi connectivity index (χ4n) is 0.881. The maximum atomic E-state index is 11.3. The Balaban J connectivity index is -0.000000739. The van der Waals surface area contributed by atoms with Crippen LogP contribution >= 0.6 is 0 Å². The number of carbonyl (C=O) groups excluding carboxylic acids is 3. The number of rotatable bonds is 5. The molecule has 0 spiro atoms. The zero-order valence-electron chi connectivity index (χ0n) is 10.9. The smallest absolute Gasteiger partial charge is 0.336 e. The topological polar surface area (TPSA) is 174 Å². The standard InChI is InChI=1S/C9H8N2O6.2CHN/c1-2-15-8(13)6(9(14)17-5-11)3-7(12)16-4-10;2*1-2/h6H,2-3H2,1H3;2*1H. The normalized spacial score (nSPS) is 8.52. The Morgan fingerprint density at radius 2 is 1.48 bits per heavy atom. The summed E-state index contributed by atoms with van der Waals surface area (Å²) >= 11 is 0. The van der Waals surface area contributed by atoms with E-state index in [1.54, 1.807) is 0 Å². The molecule has 0 amide bonds. The molecule has 1 unspecified atom stereocenters. The van der Waals surface area contributed by atoms with Gasteiger partial charge in [-0.1, -0.05) is 0 Å². The number of carbonyl (C=O) groups is 3. The third-order valence-corrected chi connectivity index (χ3v) is 1.53. The number of esters is 3. The first-order valence-corrected chi connectivity index (χ1v) is 4.93. The van der Waals surface area contributed by atoms with Crippen LogP contribution in [0.25, 0.3) is 0 Å². The molecule has 0 bridgehead atoms. The lowest BCUT2D eigenvalue weighted by Gasteiger charge is -2.09. The van der Waals surface area contributed by atoms with Gasteiger partial charge in [-0.05, 0) is 6.92 Å². The zero-order valence-corrected chi connectivity index (χ0v) is 10.9. The Labute approximate surface area is 120 Å². The second-order valence-electron chi connectivity index (χ2n) is 2.59.